The van der Waals surface area contributed by atoms with E-state index in [9.17, 15) is 4.79 Å². The highest BCUT2D eigenvalue weighted by Crippen LogP contribution is 2.36. The van der Waals surface area contributed by atoms with Crippen molar-refractivity contribution >= 4 is 23.1 Å². The number of aryl methyl sites for hydroxylation is 1. The largest absolute Gasteiger partial charge is 0.440 e. The van der Waals surface area contributed by atoms with Gasteiger partial charge in [-0.15, -0.1) is 0 Å². The van der Waals surface area contributed by atoms with E-state index in [1.165, 1.54) is 44.5 Å². The maximum atomic E-state index is 13.4. The maximum Gasteiger partial charge on any atom is 0.415 e. The lowest BCUT2D eigenvalue weighted by Gasteiger charge is -2.52. The SMILES string of the molecule is O=C(O[C@H]1C[N+]2(CCCc3ccccc3)CCC1CC2)N(Cc1ccsc1)c1ccccc1. The standard InChI is InChI=1S/C28H33N2O2S/c31-28(29(20-24-15-19-33-22-24)26-11-5-2-6-12-26)32-27-21-30(17-13-25(27)14-18-30)16-7-10-23-8-3-1-4-9-23/h1-6,8-9,11-12,15,19,22,25,27H,7,10,13-14,16-18,20-21H2/q+1/t25?,27-,30?/m0/s1. The molecule has 33 heavy (non-hydrogen) atoms. The predicted molar refractivity (Wildman–Crippen MR) is 134 cm³/mol. The molecule has 0 aliphatic carbocycles. The molecule has 4 heterocycles. The van der Waals surface area contributed by atoms with Gasteiger partial charge >= 0.3 is 6.09 Å². The molecule has 1 atom stereocenters. The van der Waals surface area contributed by atoms with Gasteiger partial charge < -0.3 is 9.22 Å². The summed E-state index contributed by atoms with van der Waals surface area (Å²) in [6.07, 6.45) is 4.44. The molecule has 4 nitrogen and oxygen atoms in total. The van der Waals surface area contributed by atoms with Crippen LogP contribution in [0.2, 0.25) is 0 Å². The van der Waals surface area contributed by atoms with Crippen molar-refractivity contribution in [2.75, 3.05) is 31.1 Å². The number of para-hydroxylation sites is 1. The van der Waals surface area contributed by atoms with Gasteiger partial charge in [0.1, 0.15) is 6.54 Å². The Morgan fingerprint density at radius 2 is 1.70 bits per heavy atom. The van der Waals surface area contributed by atoms with E-state index in [0.717, 1.165) is 28.7 Å². The van der Waals surface area contributed by atoms with Crippen LogP contribution in [-0.2, 0) is 17.7 Å². The van der Waals surface area contributed by atoms with Gasteiger partial charge in [-0.25, -0.2) is 4.79 Å². The molecule has 0 N–H and O–H groups in total. The molecule has 1 amide bonds. The van der Waals surface area contributed by atoms with Gasteiger partial charge in [-0.2, -0.15) is 11.3 Å². The summed E-state index contributed by atoms with van der Waals surface area (Å²) in [6.45, 7) is 5.13. The van der Waals surface area contributed by atoms with Crippen molar-refractivity contribution in [2.24, 2.45) is 5.92 Å². The van der Waals surface area contributed by atoms with Crippen LogP contribution in [0.4, 0.5) is 10.5 Å². The van der Waals surface area contributed by atoms with Crippen LogP contribution in [0, 0.1) is 5.92 Å². The minimum atomic E-state index is -0.214. The molecule has 3 aliphatic rings. The molecule has 0 radical (unpaired) electrons. The zero-order valence-corrected chi connectivity index (χ0v) is 20.0. The molecule has 172 valence electrons. The molecule has 0 unspecified atom stereocenters. The van der Waals surface area contributed by atoms with Crippen molar-refractivity contribution in [3.05, 3.63) is 88.6 Å². The molecular formula is C28H33N2O2S+. The number of benzene rings is 2. The lowest BCUT2D eigenvalue weighted by molar-refractivity contribution is -0.946. The fourth-order valence-corrected chi connectivity index (χ4v) is 6.22. The minimum absolute atomic E-state index is 0.0189. The molecule has 5 heteroatoms. The number of carbonyl (C=O) groups excluding carboxylic acids is 1. The number of rotatable bonds is 8. The van der Waals surface area contributed by atoms with E-state index in [1.54, 1.807) is 16.2 Å². The van der Waals surface area contributed by atoms with Gasteiger partial charge in [0.2, 0.25) is 0 Å². The van der Waals surface area contributed by atoms with E-state index in [4.69, 9.17) is 4.74 Å². The zero-order chi connectivity index (χ0) is 22.5. The first-order valence-corrected chi connectivity index (χ1v) is 13.1. The van der Waals surface area contributed by atoms with Gasteiger partial charge in [-0.1, -0.05) is 48.5 Å². The number of amides is 1. The molecule has 3 saturated heterocycles. The molecule has 1 aromatic heterocycles. The second-order valence-electron chi connectivity index (χ2n) is 9.60. The number of nitrogens with zero attached hydrogens (tertiary/aromatic N) is 2. The zero-order valence-electron chi connectivity index (χ0n) is 19.1. The number of ether oxygens (including phenoxy) is 1. The third kappa shape index (κ3) is 5.31. The minimum Gasteiger partial charge on any atom is -0.440 e. The van der Waals surface area contributed by atoms with Crippen LogP contribution in [0.25, 0.3) is 0 Å². The summed E-state index contributed by atoms with van der Waals surface area (Å²) in [5.41, 5.74) is 3.44. The number of hydrogen-bond donors (Lipinski definition) is 0. The van der Waals surface area contributed by atoms with Crippen LogP contribution in [0.1, 0.15) is 30.4 Å². The lowest BCUT2D eigenvalue weighted by atomic mass is 9.83. The molecule has 6 rings (SSSR count). The first-order chi connectivity index (χ1) is 16.2. The molecule has 3 fully saturated rings. The summed E-state index contributed by atoms with van der Waals surface area (Å²) >= 11 is 1.66. The van der Waals surface area contributed by atoms with Crippen LogP contribution in [0.5, 0.6) is 0 Å². The third-order valence-electron chi connectivity index (χ3n) is 7.44. The Bertz CT molecular complexity index is 1010. The molecule has 2 bridgehead atoms. The first-order valence-electron chi connectivity index (χ1n) is 12.1. The fourth-order valence-electron chi connectivity index (χ4n) is 5.56. The van der Waals surface area contributed by atoms with Gasteiger partial charge in [0.05, 0.1) is 26.2 Å². The molecular weight excluding hydrogens is 428 g/mol. The van der Waals surface area contributed by atoms with E-state index in [2.05, 4.69) is 47.2 Å². The lowest BCUT2D eigenvalue weighted by Crippen LogP contribution is -2.65. The summed E-state index contributed by atoms with van der Waals surface area (Å²) in [4.78, 5) is 15.2. The van der Waals surface area contributed by atoms with Crippen LogP contribution in [-0.4, -0.2) is 42.9 Å². The average molecular weight is 462 g/mol. The van der Waals surface area contributed by atoms with Crippen LogP contribution >= 0.6 is 11.3 Å². The van der Waals surface area contributed by atoms with E-state index in [0.29, 0.717) is 12.5 Å². The monoisotopic (exact) mass is 461 g/mol. The Kier molecular flexibility index (Phi) is 6.79. The van der Waals surface area contributed by atoms with Crippen molar-refractivity contribution in [3.63, 3.8) is 0 Å². The Hall–Kier alpha value is -2.63. The van der Waals surface area contributed by atoms with Crippen molar-refractivity contribution in [1.82, 2.24) is 0 Å². The maximum absolute atomic E-state index is 13.4. The topological polar surface area (TPSA) is 29.5 Å². The first kappa shape index (κ1) is 22.2. The summed E-state index contributed by atoms with van der Waals surface area (Å²) < 4.78 is 7.36. The molecule has 0 spiro atoms. The van der Waals surface area contributed by atoms with Gasteiger partial charge in [0, 0.05) is 30.9 Å². The summed E-state index contributed by atoms with van der Waals surface area (Å²) in [5, 5.41) is 4.16. The van der Waals surface area contributed by atoms with Crippen LogP contribution in [0.15, 0.2) is 77.5 Å². The molecule has 3 aromatic rings. The molecule has 3 aliphatic heterocycles. The highest BCUT2D eigenvalue weighted by Gasteiger charge is 2.47. The normalized spacial score (nSPS) is 23.9. The van der Waals surface area contributed by atoms with Crippen LogP contribution in [0.3, 0.4) is 0 Å². The number of fused-ring (bicyclic) bond motifs is 3. The number of carbonyl (C=O) groups is 1. The number of piperidine rings is 3. The summed E-state index contributed by atoms with van der Waals surface area (Å²) in [7, 11) is 0. The predicted octanol–water partition coefficient (Wildman–Crippen LogP) is 6.13. The Morgan fingerprint density at radius 3 is 2.39 bits per heavy atom. The Balaban J connectivity index is 1.24. The average Bonchev–Trinajstić information content (AvgIpc) is 3.38. The fraction of sp³-hybridized carbons (Fsp3) is 0.393. The number of anilines is 1. The summed E-state index contributed by atoms with van der Waals surface area (Å²) in [5.74, 6) is 0.502. The second-order valence-corrected chi connectivity index (χ2v) is 10.4. The van der Waals surface area contributed by atoms with Crippen molar-refractivity contribution in [3.8, 4) is 0 Å². The van der Waals surface area contributed by atoms with Crippen LogP contribution < -0.4 is 4.90 Å². The summed E-state index contributed by atoms with van der Waals surface area (Å²) in [6, 6.07) is 22.8. The molecule has 0 saturated carbocycles. The third-order valence-corrected chi connectivity index (χ3v) is 8.18. The van der Waals surface area contributed by atoms with E-state index in [1.807, 2.05) is 30.3 Å². The molecule has 2 aromatic carbocycles. The highest BCUT2D eigenvalue weighted by molar-refractivity contribution is 7.07. The number of quaternary nitrogens is 1. The van der Waals surface area contributed by atoms with Gasteiger partial charge in [0.25, 0.3) is 0 Å². The van der Waals surface area contributed by atoms with Crippen molar-refractivity contribution < 1.29 is 14.0 Å². The van der Waals surface area contributed by atoms with Crippen molar-refractivity contribution in [2.45, 2.75) is 38.3 Å². The Morgan fingerprint density at radius 1 is 0.970 bits per heavy atom. The Labute approximate surface area is 201 Å². The number of hydrogen-bond acceptors (Lipinski definition) is 3. The van der Waals surface area contributed by atoms with Gasteiger partial charge in [-0.05, 0) is 46.5 Å². The number of thiophene rings is 1. The van der Waals surface area contributed by atoms with E-state index >= 15 is 0 Å². The smallest absolute Gasteiger partial charge is 0.415 e. The van der Waals surface area contributed by atoms with Gasteiger partial charge in [0.15, 0.2) is 6.10 Å². The van der Waals surface area contributed by atoms with Gasteiger partial charge in [-0.3, -0.25) is 4.90 Å². The highest BCUT2D eigenvalue weighted by atomic mass is 32.1. The van der Waals surface area contributed by atoms with Crippen molar-refractivity contribution in [1.29, 1.82) is 0 Å². The van der Waals surface area contributed by atoms with E-state index in [-0.39, 0.29) is 12.2 Å². The van der Waals surface area contributed by atoms with E-state index < -0.39 is 0 Å². The quantitative estimate of drug-likeness (QED) is 0.378. The second kappa shape index (κ2) is 10.1.